The first-order valence-corrected chi connectivity index (χ1v) is 15.2. The minimum atomic E-state index is -0.571. The van der Waals surface area contributed by atoms with Crippen LogP contribution >= 0.6 is 0 Å². The number of nitrogens with zero attached hydrogens (tertiary/aromatic N) is 6. The fraction of sp³-hybridized carbons (Fsp3) is 0.438. The van der Waals surface area contributed by atoms with E-state index in [0.717, 1.165) is 49.0 Å². The third-order valence-corrected chi connectivity index (χ3v) is 9.36. The standard InChI is InChI=1S/C32H37FN8O2/c1-19-16-34-17-24(36-19)20-11-14-40(18-20)30-23(33)15-22-28(42)27(31(43)35-12-10-21-7-6-13-38(21)2)32-39(3)25-8-4-5-9-26(25)41(32)29(22)37-30/h4-5,8-9,15-17,19-21,36H,6-7,10-14,18H2,1-3H3,(H,35,43). The number of aryl methyl sites for hydroxylation is 1. The Morgan fingerprint density at radius 2 is 1.98 bits per heavy atom. The van der Waals surface area contributed by atoms with Crippen LogP contribution in [0.2, 0.25) is 0 Å². The third kappa shape index (κ3) is 4.66. The Hall–Kier alpha value is -4.25. The van der Waals surface area contributed by atoms with Gasteiger partial charge in [0.2, 0.25) is 5.43 Å². The van der Waals surface area contributed by atoms with Gasteiger partial charge in [-0.3, -0.25) is 19.0 Å². The molecule has 3 aliphatic rings. The molecule has 7 rings (SSSR count). The molecule has 43 heavy (non-hydrogen) atoms. The van der Waals surface area contributed by atoms with Crippen LogP contribution in [-0.2, 0) is 7.05 Å². The Kier molecular flexibility index (Phi) is 6.92. The van der Waals surface area contributed by atoms with Gasteiger partial charge in [-0.05, 0) is 64.4 Å². The van der Waals surface area contributed by atoms with Crippen molar-refractivity contribution in [3.8, 4) is 0 Å². The smallest absolute Gasteiger partial charge is 0.259 e. The van der Waals surface area contributed by atoms with Gasteiger partial charge in [0.15, 0.2) is 17.3 Å². The quantitative estimate of drug-likeness (QED) is 0.361. The van der Waals surface area contributed by atoms with E-state index in [1.54, 1.807) is 0 Å². The summed E-state index contributed by atoms with van der Waals surface area (Å²) in [4.78, 5) is 41.1. The molecule has 3 aliphatic heterocycles. The van der Waals surface area contributed by atoms with Gasteiger partial charge in [-0.25, -0.2) is 9.37 Å². The lowest BCUT2D eigenvalue weighted by atomic mass is 10.0. The molecule has 0 saturated carbocycles. The number of aromatic nitrogens is 3. The van der Waals surface area contributed by atoms with Crippen molar-refractivity contribution in [3.05, 3.63) is 63.8 Å². The number of halogens is 1. The van der Waals surface area contributed by atoms with Crippen LogP contribution in [0.4, 0.5) is 10.2 Å². The Morgan fingerprint density at radius 1 is 1.16 bits per heavy atom. The van der Waals surface area contributed by atoms with E-state index < -0.39 is 17.2 Å². The van der Waals surface area contributed by atoms with Crippen molar-refractivity contribution in [2.75, 3.05) is 38.1 Å². The third-order valence-electron chi connectivity index (χ3n) is 9.36. The minimum Gasteiger partial charge on any atom is -0.379 e. The van der Waals surface area contributed by atoms with E-state index in [4.69, 9.17) is 4.98 Å². The number of para-hydroxylation sites is 2. The average Bonchev–Trinajstić information content (AvgIpc) is 3.72. The van der Waals surface area contributed by atoms with Gasteiger partial charge in [0.25, 0.3) is 5.91 Å². The van der Waals surface area contributed by atoms with Gasteiger partial charge in [-0.1, -0.05) is 12.1 Å². The number of hydrogen-bond acceptors (Lipinski definition) is 7. The second-order valence-electron chi connectivity index (χ2n) is 12.1. The molecule has 3 aromatic heterocycles. The van der Waals surface area contributed by atoms with E-state index in [0.29, 0.717) is 37.0 Å². The lowest BCUT2D eigenvalue weighted by Gasteiger charge is -2.23. The zero-order chi connectivity index (χ0) is 29.8. The molecule has 0 aliphatic carbocycles. The van der Waals surface area contributed by atoms with Crippen LogP contribution < -0.4 is 21.0 Å². The van der Waals surface area contributed by atoms with Crippen LogP contribution in [0.15, 0.2) is 52.0 Å². The number of carbonyl (C=O) groups is 1. The summed E-state index contributed by atoms with van der Waals surface area (Å²) in [6, 6.07) is 9.53. The molecule has 0 radical (unpaired) electrons. The molecule has 6 heterocycles. The fourth-order valence-corrected chi connectivity index (χ4v) is 7.08. The number of carbonyl (C=O) groups excluding carboxylic acids is 1. The maximum absolute atomic E-state index is 15.8. The fourth-order valence-electron chi connectivity index (χ4n) is 7.08. The van der Waals surface area contributed by atoms with E-state index in [9.17, 15) is 9.59 Å². The van der Waals surface area contributed by atoms with Crippen LogP contribution in [0.25, 0.3) is 27.7 Å². The highest BCUT2D eigenvalue weighted by Crippen LogP contribution is 2.32. The predicted octanol–water partition coefficient (Wildman–Crippen LogP) is 3.42. The number of imidazole rings is 1. The zero-order valence-electron chi connectivity index (χ0n) is 24.8. The molecule has 2 N–H and O–H groups in total. The summed E-state index contributed by atoms with van der Waals surface area (Å²) in [6.45, 7) is 4.77. The van der Waals surface area contributed by atoms with Gasteiger partial charge in [0.05, 0.1) is 22.5 Å². The van der Waals surface area contributed by atoms with Gasteiger partial charge in [-0.2, -0.15) is 0 Å². The number of rotatable bonds is 6. The predicted molar refractivity (Wildman–Crippen MR) is 167 cm³/mol. The van der Waals surface area contributed by atoms with E-state index in [2.05, 4.69) is 27.6 Å². The number of nitrogens with one attached hydrogen (secondary N) is 2. The first kappa shape index (κ1) is 27.6. The molecular formula is C32H37FN8O2. The van der Waals surface area contributed by atoms with Crippen molar-refractivity contribution in [3.63, 3.8) is 0 Å². The summed E-state index contributed by atoms with van der Waals surface area (Å²) in [7, 11) is 3.95. The molecule has 2 saturated heterocycles. The van der Waals surface area contributed by atoms with Crippen molar-refractivity contribution < 1.29 is 9.18 Å². The molecule has 11 heteroatoms. The Labute approximate surface area is 248 Å². The number of hydrogen-bond donors (Lipinski definition) is 2. The first-order valence-electron chi connectivity index (χ1n) is 15.2. The van der Waals surface area contributed by atoms with Gasteiger partial charge in [0.1, 0.15) is 11.2 Å². The molecule has 224 valence electrons. The molecule has 1 amide bonds. The number of pyridine rings is 2. The van der Waals surface area contributed by atoms with Crippen LogP contribution in [-0.4, -0.2) is 76.3 Å². The monoisotopic (exact) mass is 584 g/mol. The summed E-state index contributed by atoms with van der Waals surface area (Å²) in [5.41, 5.74) is 2.95. The summed E-state index contributed by atoms with van der Waals surface area (Å²) >= 11 is 0. The average molecular weight is 585 g/mol. The highest BCUT2D eigenvalue weighted by molar-refractivity contribution is 6.06. The molecule has 3 atom stereocenters. The summed E-state index contributed by atoms with van der Waals surface area (Å²) < 4.78 is 19.5. The second kappa shape index (κ2) is 10.8. The van der Waals surface area contributed by atoms with E-state index in [1.165, 1.54) is 6.07 Å². The zero-order valence-corrected chi connectivity index (χ0v) is 24.8. The van der Waals surface area contributed by atoms with Gasteiger partial charge in [-0.15, -0.1) is 0 Å². The maximum Gasteiger partial charge on any atom is 0.259 e. The number of benzene rings is 1. The van der Waals surface area contributed by atoms with Gasteiger partial charge in [0, 0.05) is 56.8 Å². The molecule has 1 aromatic carbocycles. The summed E-state index contributed by atoms with van der Waals surface area (Å²) in [5.74, 6) is -0.639. The molecule has 0 spiro atoms. The SMILES string of the molecule is CC1C=NC=C(C2CCN(c3nc4c(cc3F)c(=O)c(C(=O)NCCC3CCCN3C)c3n(C)c5ccccc5n43)C2)N1. The van der Waals surface area contributed by atoms with Crippen LogP contribution in [0, 0.1) is 11.7 Å². The molecule has 4 aromatic rings. The highest BCUT2D eigenvalue weighted by atomic mass is 19.1. The Bertz CT molecular complexity index is 1870. The number of fused-ring (bicyclic) bond motifs is 5. The Morgan fingerprint density at radius 3 is 2.74 bits per heavy atom. The van der Waals surface area contributed by atoms with E-state index in [-0.39, 0.29) is 28.7 Å². The lowest BCUT2D eigenvalue weighted by Crippen LogP contribution is -2.34. The minimum absolute atomic E-state index is 0.00569. The van der Waals surface area contributed by atoms with Crippen molar-refractivity contribution in [1.29, 1.82) is 0 Å². The molecule has 3 unspecified atom stereocenters. The van der Waals surface area contributed by atoms with Crippen molar-refractivity contribution >= 4 is 45.7 Å². The van der Waals surface area contributed by atoms with Crippen molar-refractivity contribution in [2.24, 2.45) is 18.0 Å². The van der Waals surface area contributed by atoms with Gasteiger partial charge >= 0.3 is 0 Å². The summed E-state index contributed by atoms with van der Waals surface area (Å²) in [6.07, 6.45) is 7.60. The van der Waals surface area contributed by atoms with Crippen LogP contribution in [0.3, 0.4) is 0 Å². The molecular weight excluding hydrogens is 547 g/mol. The number of amides is 1. The number of anilines is 1. The molecule has 0 bridgehead atoms. The molecule has 10 nitrogen and oxygen atoms in total. The maximum atomic E-state index is 15.8. The second-order valence-corrected chi connectivity index (χ2v) is 12.1. The van der Waals surface area contributed by atoms with E-state index in [1.807, 2.05) is 64.5 Å². The lowest BCUT2D eigenvalue weighted by molar-refractivity contribution is 0.0950. The van der Waals surface area contributed by atoms with Crippen molar-refractivity contribution in [2.45, 2.75) is 44.7 Å². The molecule has 2 fully saturated rings. The highest BCUT2D eigenvalue weighted by Gasteiger charge is 2.31. The number of likely N-dealkylation sites (tertiary alicyclic amines) is 1. The number of aliphatic imine (C=N–C) groups is 1. The largest absolute Gasteiger partial charge is 0.379 e. The van der Waals surface area contributed by atoms with Crippen LogP contribution in [0.1, 0.15) is 43.0 Å². The topological polar surface area (TPSA) is 99.3 Å². The van der Waals surface area contributed by atoms with Gasteiger partial charge < -0.3 is 25.0 Å². The Balaban J connectivity index is 1.31. The normalized spacial score (nSPS) is 22.6. The van der Waals surface area contributed by atoms with Crippen molar-refractivity contribution in [1.82, 2.24) is 29.5 Å². The van der Waals surface area contributed by atoms with Crippen LogP contribution in [0.5, 0.6) is 0 Å². The van der Waals surface area contributed by atoms with E-state index >= 15 is 4.39 Å². The first-order chi connectivity index (χ1) is 20.8. The summed E-state index contributed by atoms with van der Waals surface area (Å²) in [5, 5.41) is 6.54.